The summed E-state index contributed by atoms with van der Waals surface area (Å²) < 4.78 is 16.1. The van der Waals surface area contributed by atoms with E-state index < -0.39 is 47.7 Å². The average Bonchev–Trinajstić information content (AvgIpc) is 3.86. The fraction of sp³-hybridized carbons (Fsp3) is 0.316. The highest BCUT2D eigenvalue weighted by atomic mass is 16.6. The Morgan fingerprint density at radius 2 is 1.32 bits per heavy atom. The highest BCUT2D eigenvalue weighted by Gasteiger charge is 2.56. The number of nitrogens with zero attached hydrogens (tertiary/aromatic N) is 3. The number of guanidine groups is 2. The molecule has 7 amide bonds. The maximum Gasteiger partial charge on any atom is 0.414 e. The van der Waals surface area contributed by atoms with Gasteiger partial charge in [0.05, 0.1) is 18.5 Å². The summed E-state index contributed by atoms with van der Waals surface area (Å²) in [6.07, 6.45) is -2.03. The highest BCUT2D eigenvalue weighted by molar-refractivity contribution is 6.07. The van der Waals surface area contributed by atoms with Crippen LogP contribution in [0, 0.1) is 5.92 Å². The second-order valence-electron chi connectivity index (χ2n) is 13.0. The third-order valence-corrected chi connectivity index (χ3v) is 8.95. The van der Waals surface area contributed by atoms with Gasteiger partial charge in [-0.25, -0.2) is 24.2 Å². The molecule has 18 heteroatoms. The quantitative estimate of drug-likeness (QED) is 0.0849. The molecule has 1 aliphatic carbocycles. The third-order valence-electron chi connectivity index (χ3n) is 8.95. The number of carbonyl (C=O) groups excluding carboxylic acids is 6. The zero-order valence-electron chi connectivity index (χ0n) is 30.6. The van der Waals surface area contributed by atoms with E-state index in [9.17, 15) is 28.8 Å². The van der Waals surface area contributed by atoms with E-state index in [-0.39, 0.29) is 57.2 Å². The number of aliphatic imine (C=N–C) groups is 2. The van der Waals surface area contributed by atoms with Gasteiger partial charge in [-0.3, -0.25) is 35.8 Å². The Morgan fingerprint density at radius 3 is 1.80 bits per heavy atom. The Morgan fingerprint density at radius 1 is 0.821 bits per heavy atom. The smallest absolute Gasteiger partial charge is 0.414 e. The molecule has 1 aliphatic heterocycles. The van der Waals surface area contributed by atoms with Crippen LogP contribution in [0.15, 0.2) is 101 Å². The number of likely N-dealkylation sites (N-methyl/N-ethyl adjacent to an activating group) is 1. The van der Waals surface area contributed by atoms with Crippen LogP contribution in [0.25, 0.3) is 0 Å². The summed E-state index contributed by atoms with van der Waals surface area (Å²) in [5.74, 6) is -1.70. The fourth-order valence-electron chi connectivity index (χ4n) is 5.84. The van der Waals surface area contributed by atoms with Crippen molar-refractivity contribution >= 4 is 48.0 Å². The summed E-state index contributed by atoms with van der Waals surface area (Å²) in [4.78, 5) is 85.8. The number of nitrogens with two attached hydrogens (primary N) is 1. The van der Waals surface area contributed by atoms with E-state index in [0.717, 1.165) is 16.7 Å². The Kier molecular flexibility index (Phi) is 13.9. The Bertz CT molecular complexity index is 1870. The molecule has 0 radical (unpaired) electrons. The van der Waals surface area contributed by atoms with Crippen LogP contribution in [0.4, 0.5) is 19.2 Å². The minimum Gasteiger partial charge on any atom is -0.445 e. The van der Waals surface area contributed by atoms with E-state index in [1.807, 2.05) is 30.3 Å². The molecule has 5 rings (SSSR count). The Labute approximate surface area is 322 Å². The van der Waals surface area contributed by atoms with Crippen LogP contribution < -0.4 is 32.3 Å². The van der Waals surface area contributed by atoms with E-state index in [0.29, 0.717) is 12.8 Å². The van der Waals surface area contributed by atoms with E-state index in [1.54, 1.807) is 60.7 Å². The van der Waals surface area contributed by atoms with Gasteiger partial charge in [-0.1, -0.05) is 91.0 Å². The van der Waals surface area contributed by atoms with E-state index >= 15 is 0 Å². The second kappa shape index (κ2) is 19.4. The van der Waals surface area contributed by atoms with Gasteiger partial charge >= 0.3 is 24.3 Å². The minimum atomic E-state index is -1.06. The van der Waals surface area contributed by atoms with Crippen molar-refractivity contribution in [2.75, 3.05) is 20.1 Å². The number of alkyl carbamates (subject to hydrolysis) is 3. The summed E-state index contributed by atoms with van der Waals surface area (Å²) >= 11 is 0. The molecule has 0 saturated heterocycles. The predicted molar refractivity (Wildman–Crippen MR) is 201 cm³/mol. The van der Waals surface area contributed by atoms with Crippen molar-refractivity contribution < 1.29 is 43.0 Å². The van der Waals surface area contributed by atoms with Gasteiger partial charge in [0.1, 0.15) is 25.9 Å². The number of ether oxygens (including phenoxy) is 3. The summed E-state index contributed by atoms with van der Waals surface area (Å²) in [7, 11) is 1.44. The lowest BCUT2D eigenvalue weighted by molar-refractivity contribution is -0.139. The number of hydrogen-bond acceptors (Lipinski definition) is 11. The molecular formula is C38H43N9O9. The monoisotopic (exact) mass is 769 g/mol. The lowest BCUT2D eigenvalue weighted by Gasteiger charge is -2.30. The van der Waals surface area contributed by atoms with Crippen LogP contribution in [0.2, 0.25) is 0 Å². The van der Waals surface area contributed by atoms with Crippen molar-refractivity contribution in [2.45, 2.75) is 50.7 Å². The zero-order valence-corrected chi connectivity index (χ0v) is 30.6. The Hall–Kier alpha value is -6.98. The van der Waals surface area contributed by atoms with Crippen LogP contribution in [0.5, 0.6) is 0 Å². The fourth-order valence-corrected chi connectivity index (χ4v) is 5.84. The number of urea groups is 1. The van der Waals surface area contributed by atoms with E-state index in [1.165, 1.54) is 11.9 Å². The molecule has 0 spiro atoms. The van der Waals surface area contributed by atoms with Crippen molar-refractivity contribution in [1.82, 2.24) is 31.5 Å². The molecule has 294 valence electrons. The van der Waals surface area contributed by atoms with Crippen LogP contribution in [-0.2, 0) is 43.6 Å². The molecule has 1 unspecified atom stereocenters. The van der Waals surface area contributed by atoms with Gasteiger partial charge in [-0.2, -0.15) is 0 Å². The zero-order chi connectivity index (χ0) is 39.9. The molecule has 56 heavy (non-hydrogen) atoms. The number of primary amides is 1. The predicted octanol–water partition coefficient (Wildman–Crippen LogP) is 2.64. The summed E-state index contributed by atoms with van der Waals surface area (Å²) in [5.41, 5.74) is 6.30. The standard InChI is InChI=1S/C38H43N9O9/c1-47(29-21-41-34(42-31(29)49)43-32(39)50)30(48)20-38(46-37(53)56-24-27-15-9-4-10-16-27)19-28(38)17-18-40-33(44-35(51)54-22-25-11-5-2-6-12-25)45-36(52)55-23-26-13-7-3-8-14-26/h2-16,28-29H,17-24H2,1H3,(H,46,53)(H2,40,44,45,51,52)(H4,39,41,42,43,49,50)/t28-,29?,38+/m1/s1. The molecule has 0 aromatic heterocycles. The molecule has 1 fully saturated rings. The van der Waals surface area contributed by atoms with Gasteiger partial charge in [-0.15, -0.1) is 0 Å². The summed E-state index contributed by atoms with van der Waals surface area (Å²) in [6.45, 7) is -0.157. The van der Waals surface area contributed by atoms with Crippen LogP contribution in [0.3, 0.4) is 0 Å². The SMILES string of the molecule is CN(C(=O)C[C@@]1(NC(=O)OCc2ccccc2)C[C@H]1CCN=C(NC(=O)OCc1ccccc1)NC(=O)OCc1ccccc1)C1CN=C(NC(N)=O)NC1=O. The van der Waals surface area contributed by atoms with E-state index in [2.05, 4.69) is 36.6 Å². The largest absolute Gasteiger partial charge is 0.445 e. The van der Waals surface area contributed by atoms with Gasteiger partial charge < -0.3 is 30.2 Å². The summed E-state index contributed by atoms with van der Waals surface area (Å²) in [6, 6.07) is 25.2. The molecule has 1 saturated carbocycles. The number of amides is 7. The maximum absolute atomic E-state index is 13.6. The van der Waals surface area contributed by atoms with Gasteiger partial charge in [0.25, 0.3) is 5.91 Å². The number of benzene rings is 3. The van der Waals surface area contributed by atoms with E-state index in [4.69, 9.17) is 19.9 Å². The molecule has 3 atom stereocenters. The van der Waals surface area contributed by atoms with Gasteiger partial charge in [-0.05, 0) is 35.4 Å². The van der Waals surface area contributed by atoms with Crippen molar-refractivity contribution in [1.29, 1.82) is 0 Å². The molecule has 0 bridgehead atoms. The molecule has 18 nitrogen and oxygen atoms in total. The van der Waals surface area contributed by atoms with Crippen molar-refractivity contribution in [2.24, 2.45) is 21.6 Å². The first-order valence-electron chi connectivity index (χ1n) is 17.7. The Balaban J connectivity index is 1.24. The van der Waals surface area contributed by atoms with Crippen LogP contribution in [-0.4, -0.2) is 84.7 Å². The second-order valence-corrected chi connectivity index (χ2v) is 13.0. The third kappa shape index (κ3) is 12.3. The molecule has 2 aliphatic rings. The van der Waals surface area contributed by atoms with Gasteiger partial charge in [0.2, 0.25) is 17.8 Å². The van der Waals surface area contributed by atoms with Crippen molar-refractivity contribution in [3.05, 3.63) is 108 Å². The molecular weight excluding hydrogens is 726 g/mol. The number of hydrogen-bond donors (Lipinski definition) is 6. The van der Waals surface area contributed by atoms with Gasteiger partial charge in [0, 0.05) is 13.6 Å². The minimum absolute atomic E-state index is 0.00503. The number of rotatable bonds is 13. The lowest BCUT2D eigenvalue weighted by Crippen LogP contribution is -2.58. The summed E-state index contributed by atoms with van der Waals surface area (Å²) in [5, 5.41) is 12.3. The number of nitrogens with one attached hydrogen (secondary N) is 5. The first-order chi connectivity index (χ1) is 27.0. The topological polar surface area (TPSA) is 244 Å². The van der Waals surface area contributed by atoms with Crippen LogP contribution >= 0.6 is 0 Å². The van der Waals surface area contributed by atoms with Crippen molar-refractivity contribution in [3.63, 3.8) is 0 Å². The molecule has 7 N–H and O–H groups in total. The maximum atomic E-state index is 13.6. The first kappa shape index (κ1) is 40.2. The van der Waals surface area contributed by atoms with Gasteiger partial charge in [0.15, 0.2) is 0 Å². The lowest BCUT2D eigenvalue weighted by atomic mass is 10.1. The molecule has 3 aromatic rings. The normalized spacial score (nSPS) is 18.1. The molecule has 3 aromatic carbocycles. The first-order valence-corrected chi connectivity index (χ1v) is 17.7. The molecule has 1 heterocycles. The highest BCUT2D eigenvalue weighted by Crippen LogP contribution is 2.49. The van der Waals surface area contributed by atoms with Crippen molar-refractivity contribution in [3.8, 4) is 0 Å². The van der Waals surface area contributed by atoms with Crippen LogP contribution in [0.1, 0.15) is 36.0 Å². The average molecular weight is 770 g/mol. The number of carbonyl (C=O) groups is 6.